The van der Waals surface area contributed by atoms with Gasteiger partial charge in [0.2, 0.25) is 0 Å². The molecule has 4 atom stereocenters. The van der Waals surface area contributed by atoms with Gasteiger partial charge in [0.15, 0.2) is 11.4 Å². The lowest BCUT2D eigenvalue weighted by molar-refractivity contribution is -0.125. The maximum atomic E-state index is 12.4. The molecule has 0 unspecified atom stereocenters. The van der Waals surface area contributed by atoms with Crippen LogP contribution in [0.1, 0.15) is 39.5 Å². The van der Waals surface area contributed by atoms with Crippen molar-refractivity contribution in [3.05, 3.63) is 37.5 Å². The fraction of sp³-hybridized carbons (Fsp3) is 0.588. The summed E-state index contributed by atoms with van der Waals surface area (Å²) in [7, 11) is 0. The molecule has 0 radical (unpaired) electrons. The van der Waals surface area contributed by atoms with Gasteiger partial charge in [-0.1, -0.05) is 24.3 Å². The molecule has 1 heterocycles. The van der Waals surface area contributed by atoms with Crippen LogP contribution in [-0.4, -0.2) is 17.0 Å². The zero-order chi connectivity index (χ0) is 14.3. The Morgan fingerprint density at radius 1 is 1.47 bits per heavy atom. The number of hydrogen-bond donors (Lipinski definition) is 0. The number of hydrogen-bond acceptors (Lipinski definition) is 2. The molecule has 0 bridgehead atoms. The second-order valence-corrected chi connectivity index (χ2v) is 6.06. The highest BCUT2D eigenvalue weighted by atomic mass is 16.6. The molecule has 104 valence electrons. The van der Waals surface area contributed by atoms with E-state index in [4.69, 9.17) is 4.74 Å². The van der Waals surface area contributed by atoms with E-state index >= 15 is 0 Å². The van der Waals surface area contributed by atoms with Crippen LogP contribution in [0.25, 0.3) is 0 Å². The normalized spacial score (nSPS) is 40.4. The third-order valence-corrected chi connectivity index (χ3v) is 4.95. The Labute approximate surface area is 116 Å². The molecule has 0 aromatic heterocycles. The zero-order valence-corrected chi connectivity index (χ0v) is 12.1. The van der Waals surface area contributed by atoms with E-state index in [1.54, 1.807) is 0 Å². The van der Waals surface area contributed by atoms with Gasteiger partial charge in [0.1, 0.15) is 5.60 Å². The summed E-state index contributed by atoms with van der Waals surface area (Å²) < 4.78 is 6.03. The minimum atomic E-state index is -0.588. The lowest BCUT2D eigenvalue weighted by Crippen LogP contribution is -2.46. The average Bonchev–Trinajstić information content (AvgIpc) is 2.99. The zero-order valence-electron chi connectivity index (χ0n) is 12.1. The molecule has 19 heavy (non-hydrogen) atoms. The summed E-state index contributed by atoms with van der Waals surface area (Å²) in [6.07, 6.45) is 7.00. The Morgan fingerprint density at radius 3 is 2.68 bits per heavy atom. The van der Waals surface area contributed by atoms with Gasteiger partial charge in [-0.3, -0.25) is 4.79 Å². The first kappa shape index (κ1) is 14.3. The number of Topliss-reactive ketones (excluding diaryl/α,β-unsaturated/α-hetero) is 1. The van der Waals surface area contributed by atoms with Crippen molar-refractivity contribution >= 4 is 5.78 Å². The predicted molar refractivity (Wildman–Crippen MR) is 77.9 cm³/mol. The summed E-state index contributed by atoms with van der Waals surface area (Å²) in [5.74, 6) is 0.751. The van der Waals surface area contributed by atoms with Gasteiger partial charge >= 0.3 is 0 Å². The van der Waals surface area contributed by atoms with E-state index in [2.05, 4.69) is 19.7 Å². The molecule has 0 spiro atoms. The monoisotopic (exact) mass is 260 g/mol. The van der Waals surface area contributed by atoms with Gasteiger partial charge in [-0.15, -0.1) is 13.2 Å². The number of carbonyl (C=O) groups is 1. The van der Waals surface area contributed by atoms with E-state index in [0.717, 1.165) is 24.8 Å². The lowest BCUT2D eigenvalue weighted by atomic mass is 9.62. The number of rotatable bonds is 6. The van der Waals surface area contributed by atoms with Crippen molar-refractivity contribution in [2.45, 2.75) is 50.7 Å². The van der Waals surface area contributed by atoms with E-state index in [1.165, 1.54) is 0 Å². The molecule has 0 amide bonds. The number of fused-ring (bicyclic) bond motifs is 1. The Morgan fingerprint density at radius 2 is 2.16 bits per heavy atom. The molecular formula is C17H24O2. The Kier molecular flexibility index (Phi) is 3.57. The van der Waals surface area contributed by atoms with E-state index < -0.39 is 5.60 Å². The number of carbonyl (C=O) groups excluding carboxylic acids is 1. The van der Waals surface area contributed by atoms with Crippen molar-refractivity contribution in [3.63, 3.8) is 0 Å². The minimum absolute atomic E-state index is 0.214. The molecule has 1 saturated carbocycles. The van der Waals surface area contributed by atoms with Crippen molar-refractivity contribution in [1.82, 2.24) is 0 Å². The highest BCUT2D eigenvalue weighted by molar-refractivity contribution is 5.93. The van der Waals surface area contributed by atoms with Crippen molar-refractivity contribution in [2.24, 2.45) is 11.8 Å². The lowest BCUT2D eigenvalue weighted by Gasteiger charge is -2.37. The second-order valence-electron chi connectivity index (χ2n) is 6.06. The van der Waals surface area contributed by atoms with E-state index in [9.17, 15) is 4.79 Å². The summed E-state index contributed by atoms with van der Waals surface area (Å²) in [6, 6.07) is 0. The Hall–Kier alpha value is -1.15. The van der Waals surface area contributed by atoms with Crippen LogP contribution in [0.2, 0.25) is 0 Å². The molecule has 2 heteroatoms. The van der Waals surface area contributed by atoms with Gasteiger partial charge in [-0.25, -0.2) is 0 Å². The van der Waals surface area contributed by atoms with Crippen LogP contribution < -0.4 is 0 Å². The highest BCUT2D eigenvalue weighted by Crippen LogP contribution is 2.63. The molecule has 0 N–H and O–H groups in total. The standard InChI is InChI=1S/C17H24O2/c1-6-8-10-17-14(9-7-2)13(12(3)4)11-15(18)16(17,5)19-17/h6-7,13-14H,1-3,8-11H2,4-5H3/t13-,14-,16-,17+/m0/s1. The molecule has 0 aromatic carbocycles. The van der Waals surface area contributed by atoms with Gasteiger partial charge < -0.3 is 4.74 Å². The largest absolute Gasteiger partial charge is 0.354 e. The van der Waals surface area contributed by atoms with Crippen molar-refractivity contribution in [1.29, 1.82) is 0 Å². The maximum absolute atomic E-state index is 12.4. The van der Waals surface area contributed by atoms with Crippen LogP contribution in [0.15, 0.2) is 37.5 Å². The van der Waals surface area contributed by atoms with Gasteiger partial charge in [0.05, 0.1) is 0 Å². The summed E-state index contributed by atoms with van der Waals surface area (Å²) in [5.41, 5.74) is 0.167. The van der Waals surface area contributed by atoms with E-state index in [0.29, 0.717) is 12.3 Å². The van der Waals surface area contributed by atoms with Crippen LogP contribution in [0, 0.1) is 11.8 Å². The Balaban J connectivity index is 2.35. The first-order valence-electron chi connectivity index (χ1n) is 7.03. The quantitative estimate of drug-likeness (QED) is 0.536. The van der Waals surface area contributed by atoms with Crippen LogP contribution in [0.4, 0.5) is 0 Å². The summed E-state index contributed by atoms with van der Waals surface area (Å²) >= 11 is 0. The second kappa shape index (κ2) is 4.75. The summed E-state index contributed by atoms with van der Waals surface area (Å²) in [5, 5.41) is 0. The minimum Gasteiger partial charge on any atom is -0.354 e. The molecule has 2 nitrogen and oxygen atoms in total. The number of allylic oxidation sites excluding steroid dienone is 3. The van der Waals surface area contributed by atoms with Crippen molar-refractivity contribution < 1.29 is 9.53 Å². The SMILES string of the molecule is C=CCC[C@]12O[C@@]1(C)C(=O)C[C@@H](C(=C)C)[C@@H]2CC=C. The molecule has 1 saturated heterocycles. The average molecular weight is 260 g/mol. The molecule has 2 fully saturated rings. The van der Waals surface area contributed by atoms with Gasteiger partial charge in [-0.05, 0) is 39.0 Å². The van der Waals surface area contributed by atoms with E-state index in [1.807, 2.05) is 26.0 Å². The molecule has 2 rings (SSSR count). The molecule has 0 aromatic rings. The third-order valence-electron chi connectivity index (χ3n) is 4.95. The maximum Gasteiger partial charge on any atom is 0.167 e. The van der Waals surface area contributed by atoms with Crippen molar-refractivity contribution in [3.8, 4) is 0 Å². The smallest absolute Gasteiger partial charge is 0.167 e. The van der Waals surface area contributed by atoms with Crippen LogP contribution in [0.3, 0.4) is 0 Å². The topological polar surface area (TPSA) is 29.6 Å². The van der Waals surface area contributed by atoms with Gasteiger partial charge in [0, 0.05) is 12.3 Å². The fourth-order valence-electron chi connectivity index (χ4n) is 3.77. The third kappa shape index (κ3) is 1.93. The first-order chi connectivity index (χ1) is 8.93. The molecule has 1 aliphatic heterocycles. The Bertz CT molecular complexity index is 437. The summed E-state index contributed by atoms with van der Waals surface area (Å²) in [6.45, 7) is 15.7. The first-order valence-corrected chi connectivity index (χ1v) is 7.03. The molecular weight excluding hydrogens is 236 g/mol. The van der Waals surface area contributed by atoms with Gasteiger partial charge in [-0.2, -0.15) is 0 Å². The number of ketones is 1. The fourth-order valence-corrected chi connectivity index (χ4v) is 3.77. The van der Waals surface area contributed by atoms with Gasteiger partial charge in [0.25, 0.3) is 0 Å². The van der Waals surface area contributed by atoms with Crippen LogP contribution >= 0.6 is 0 Å². The van der Waals surface area contributed by atoms with E-state index in [-0.39, 0.29) is 17.3 Å². The van der Waals surface area contributed by atoms with Crippen LogP contribution in [0.5, 0.6) is 0 Å². The number of epoxide rings is 1. The van der Waals surface area contributed by atoms with Crippen LogP contribution in [-0.2, 0) is 9.53 Å². The molecule has 2 aliphatic rings. The molecule has 1 aliphatic carbocycles. The number of ether oxygens (including phenoxy) is 1. The predicted octanol–water partition coefficient (Wildman–Crippen LogP) is 3.84. The highest BCUT2D eigenvalue weighted by Gasteiger charge is 2.76. The van der Waals surface area contributed by atoms with Crippen molar-refractivity contribution in [2.75, 3.05) is 0 Å². The summed E-state index contributed by atoms with van der Waals surface area (Å²) in [4.78, 5) is 12.4.